The first-order chi connectivity index (χ1) is 8.46. The van der Waals surface area contributed by atoms with Crippen molar-refractivity contribution < 1.29 is 9.59 Å². The highest BCUT2D eigenvalue weighted by molar-refractivity contribution is 5.87. The van der Waals surface area contributed by atoms with Crippen molar-refractivity contribution in [3.63, 3.8) is 0 Å². The monoisotopic (exact) mass is 253 g/mol. The van der Waals surface area contributed by atoms with Crippen LogP contribution in [0.15, 0.2) is 0 Å². The van der Waals surface area contributed by atoms with E-state index < -0.39 is 5.54 Å². The number of likely N-dealkylation sites (tertiary alicyclic amines) is 1. The van der Waals surface area contributed by atoms with Crippen molar-refractivity contribution in [2.75, 3.05) is 20.1 Å². The van der Waals surface area contributed by atoms with Crippen LogP contribution in [0, 0.1) is 11.8 Å². The number of hydrogen-bond acceptors (Lipinski definition) is 3. The summed E-state index contributed by atoms with van der Waals surface area (Å²) in [6.07, 6.45) is 3.83. The summed E-state index contributed by atoms with van der Waals surface area (Å²) < 4.78 is 0. The predicted octanol–water partition coefficient (Wildman–Crippen LogP) is 0.0984. The molecule has 2 rings (SSSR count). The summed E-state index contributed by atoms with van der Waals surface area (Å²) in [5.74, 6) is 0.282. The highest BCUT2D eigenvalue weighted by atomic mass is 16.2. The molecule has 0 bridgehead atoms. The lowest BCUT2D eigenvalue weighted by Crippen LogP contribution is -2.57. The van der Waals surface area contributed by atoms with Gasteiger partial charge in [-0.25, -0.2) is 0 Å². The largest absolute Gasteiger partial charge is 0.359 e. The lowest BCUT2D eigenvalue weighted by atomic mass is 9.91. The molecule has 2 aliphatic rings. The van der Waals surface area contributed by atoms with Gasteiger partial charge in [0.2, 0.25) is 11.8 Å². The number of rotatable bonds is 3. The SMILES string of the molecule is CNC(=O)C1CCCN(C(=O)C(C)(N)C2CC2)C1. The molecule has 1 saturated heterocycles. The Morgan fingerprint density at radius 3 is 2.56 bits per heavy atom. The van der Waals surface area contributed by atoms with Crippen LogP contribution < -0.4 is 11.1 Å². The fourth-order valence-corrected chi connectivity index (χ4v) is 2.78. The first-order valence-corrected chi connectivity index (χ1v) is 6.76. The maximum absolute atomic E-state index is 12.4. The summed E-state index contributed by atoms with van der Waals surface area (Å²) in [4.78, 5) is 25.9. The topological polar surface area (TPSA) is 75.4 Å². The number of carbonyl (C=O) groups is 2. The zero-order chi connectivity index (χ0) is 13.3. The minimum absolute atomic E-state index is 0.0126. The Morgan fingerprint density at radius 1 is 1.33 bits per heavy atom. The lowest BCUT2D eigenvalue weighted by Gasteiger charge is -2.37. The van der Waals surface area contributed by atoms with Gasteiger partial charge in [0.25, 0.3) is 0 Å². The lowest BCUT2D eigenvalue weighted by molar-refractivity contribution is -0.140. The Hall–Kier alpha value is -1.10. The third-order valence-corrected chi connectivity index (χ3v) is 4.21. The van der Waals surface area contributed by atoms with E-state index >= 15 is 0 Å². The Labute approximate surface area is 108 Å². The molecule has 0 aromatic heterocycles. The van der Waals surface area contributed by atoms with Crippen LogP contribution in [0.2, 0.25) is 0 Å². The van der Waals surface area contributed by atoms with Crippen LogP contribution >= 0.6 is 0 Å². The van der Waals surface area contributed by atoms with Gasteiger partial charge in [-0.1, -0.05) is 0 Å². The second-order valence-corrected chi connectivity index (χ2v) is 5.76. The van der Waals surface area contributed by atoms with E-state index in [1.807, 2.05) is 6.92 Å². The predicted molar refractivity (Wildman–Crippen MR) is 68.7 cm³/mol. The van der Waals surface area contributed by atoms with Crippen LogP contribution in [0.3, 0.4) is 0 Å². The maximum Gasteiger partial charge on any atom is 0.242 e. The number of nitrogens with zero attached hydrogens (tertiary/aromatic N) is 1. The third-order valence-electron chi connectivity index (χ3n) is 4.21. The first kappa shape index (κ1) is 13.3. The van der Waals surface area contributed by atoms with Gasteiger partial charge in [-0.05, 0) is 38.5 Å². The van der Waals surface area contributed by atoms with Crippen molar-refractivity contribution in [2.24, 2.45) is 17.6 Å². The van der Waals surface area contributed by atoms with Crippen molar-refractivity contribution in [1.82, 2.24) is 10.2 Å². The molecule has 1 saturated carbocycles. The molecule has 0 aromatic carbocycles. The summed E-state index contributed by atoms with van der Waals surface area (Å²) >= 11 is 0. The quantitative estimate of drug-likeness (QED) is 0.749. The van der Waals surface area contributed by atoms with Crippen molar-refractivity contribution in [2.45, 2.75) is 38.1 Å². The number of nitrogens with one attached hydrogen (secondary N) is 1. The molecule has 3 N–H and O–H groups in total. The van der Waals surface area contributed by atoms with E-state index in [4.69, 9.17) is 5.73 Å². The average molecular weight is 253 g/mol. The van der Waals surface area contributed by atoms with Crippen LogP contribution in [-0.2, 0) is 9.59 Å². The summed E-state index contributed by atoms with van der Waals surface area (Å²) in [7, 11) is 1.64. The molecule has 5 heteroatoms. The third kappa shape index (κ3) is 2.51. The molecular weight excluding hydrogens is 230 g/mol. The number of amides is 2. The minimum atomic E-state index is -0.745. The highest BCUT2D eigenvalue weighted by Crippen LogP contribution is 2.39. The Bertz CT molecular complexity index is 350. The molecule has 0 aromatic rings. The highest BCUT2D eigenvalue weighted by Gasteiger charge is 2.46. The second kappa shape index (κ2) is 4.88. The second-order valence-electron chi connectivity index (χ2n) is 5.76. The molecule has 2 fully saturated rings. The van der Waals surface area contributed by atoms with Crippen molar-refractivity contribution in [3.05, 3.63) is 0 Å². The van der Waals surface area contributed by atoms with Crippen molar-refractivity contribution in [3.8, 4) is 0 Å². The molecule has 102 valence electrons. The normalized spacial score (nSPS) is 27.5. The summed E-state index contributed by atoms with van der Waals surface area (Å²) in [6, 6.07) is 0. The van der Waals surface area contributed by atoms with Gasteiger partial charge >= 0.3 is 0 Å². The number of hydrogen-bond donors (Lipinski definition) is 2. The van der Waals surface area contributed by atoms with Gasteiger partial charge in [-0.3, -0.25) is 9.59 Å². The van der Waals surface area contributed by atoms with E-state index in [1.165, 1.54) is 0 Å². The van der Waals surface area contributed by atoms with Crippen LogP contribution in [0.25, 0.3) is 0 Å². The van der Waals surface area contributed by atoms with E-state index in [1.54, 1.807) is 11.9 Å². The molecule has 18 heavy (non-hydrogen) atoms. The van der Waals surface area contributed by atoms with Gasteiger partial charge < -0.3 is 16.0 Å². The fourth-order valence-electron chi connectivity index (χ4n) is 2.78. The van der Waals surface area contributed by atoms with Crippen LogP contribution in [0.4, 0.5) is 0 Å². The molecule has 5 nitrogen and oxygen atoms in total. The molecule has 2 unspecified atom stereocenters. The zero-order valence-corrected chi connectivity index (χ0v) is 11.2. The van der Waals surface area contributed by atoms with E-state index in [0.717, 1.165) is 32.2 Å². The molecule has 1 heterocycles. The van der Waals surface area contributed by atoms with E-state index in [-0.39, 0.29) is 17.7 Å². The summed E-state index contributed by atoms with van der Waals surface area (Å²) in [5.41, 5.74) is 5.41. The average Bonchev–Trinajstić information content (AvgIpc) is 3.21. The summed E-state index contributed by atoms with van der Waals surface area (Å²) in [5, 5.41) is 2.66. The molecule has 1 aliphatic carbocycles. The Morgan fingerprint density at radius 2 is 2.00 bits per heavy atom. The minimum Gasteiger partial charge on any atom is -0.359 e. The van der Waals surface area contributed by atoms with Crippen molar-refractivity contribution >= 4 is 11.8 Å². The maximum atomic E-state index is 12.4. The molecule has 2 atom stereocenters. The van der Waals surface area contributed by atoms with Crippen molar-refractivity contribution in [1.29, 1.82) is 0 Å². The zero-order valence-electron chi connectivity index (χ0n) is 11.2. The molecule has 1 aliphatic heterocycles. The molecule has 0 spiro atoms. The standard InChI is InChI=1S/C13H23N3O2/c1-13(14,10-5-6-10)12(18)16-7-3-4-9(8-16)11(17)15-2/h9-10H,3-8,14H2,1-2H3,(H,15,17). The number of nitrogens with two attached hydrogens (primary N) is 1. The number of piperidine rings is 1. The van der Waals surface area contributed by atoms with E-state index in [0.29, 0.717) is 12.5 Å². The van der Waals surface area contributed by atoms with Crippen LogP contribution in [0.5, 0.6) is 0 Å². The van der Waals surface area contributed by atoms with Gasteiger partial charge in [0.15, 0.2) is 0 Å². The van der Waals surface area contributed by atoms with E-state index in [2.05, 4.69) is 5.32 Å². The van der Waals surface area contributed by atoms with Gasteiger partial charge in [0, 0.05) is 20.1 Å². The Balaban J connectivity index is 2.00. The number of carbonyl (C=O) groups excluding carboxylic acids is 2. The van der Waals surface area contributed by atoms with Gasteiger partial charge in [-0.2, -0.15) is 0 Å². The van der Waals surface area contributed by atoms with Crippen LogP contribution in [0.1, 0.15) is 32.6 Å². The van der Waals surface area contributed by atoms with Crippen LogP contribution in [-0.4, -0.2) is 42.4 Å². The Kier molecular flexibility index (Phi) is 3.61. The smallest absolute Gasteiger partial charge is 0.242 e. The van der Waals surface area contributed by atoms with Gasteiger partial charge in [-0.15, -0.1) is 0 Å². The molecule has 2 amide bonds. The summed E-state index contributed by atoms with van der Waals surface area (Å²) in [6.45, 7) is 3.07. The first-order valence-electron chi connectivity index (χ1n) is 6.76. The van der Waals surface area contributed by atoms with E-state index in [9.17, 15) is 9.59 Å². The fraction of sp³-hybridized carbons (Fsp3) is 0.846. The molecular formula is C13H23N3O2. The van der Waals surface area contributed by atoms with Gasteiger partial charge in [0.05, 0.1) is 11.5 Å². The van der Waals surface area contributed by atoms with Gasteiger partial charge in [0.1, 0.15) is 0 Å². The molecule has 0 radical (unpaired) electrons.